The summed E-state index contributed by atoms with van der Waals surface area (Å²) in [5.74, 6) is 0. The first-order valence-electron chi connectivity index (χ1n) is 13.8. The molecule has 0 fully saturated rings. The number of nitrogens with zero attached hydrogens (tertiary/aromatic N) is 2. The van der Waals surface area contributed by atoms with Gasteiger partial charge in [0, 0.05) is 0 Å². The number of rotatable bonds is 22. The van der Waals surface area contributed by atoms with Gasteiger partial charge in [-0.05, 0) is 32.6 Å². The molecule has 0 spiro atoms. The van der Waals surface area contributed by atoms with E-state index in [9.17, 15) is 0 Å². The van der Waals surface area contributed by atoms with Gasteiger partial charge in [0.15, 0.2) is 0 Å². The predicted molar refractivity (Wildman–Crippen MR) is 133 cm³/mol. The van der Waals surface area contributed by atoms with Gasteiger partial charge in [-0.2, -0.15) is 0 Å². The average molecular weight is 420 g/mol. The molecule has 1 aromatic rings. The van der Waals surface area contributed by atoms with Crippen molar-refractivity contribution in [1.82, 2.24) is 4.57 Å². The summed E-state index contributed by atoms with van der Waals surface area (Å²) in [6, 6.07) is 0.643. The van der Waals surface area contributed by atoms with Crippen molar-refractivity contribution < 1.29 is 4.57 Å². The van der Waals surface area contributed by atoms with Gasteiger partial charge in [0.2, 0.25) is 6.33 Å². The van der Waals surface area contributed by atoms with Gasteiger partial charge in [-0.25, -0.2) is 9.13 Å². The molecule has 0 aliphatic rings. The van der Waals surface area contributed by atoms with E-state index in [-0.39, 0.29) is 0 Å². The highest BCUT2D eigenvalue weighted by molar-refractivity contribution is 4.72. The molecule has 2 nitrogen and oxygen atoms in total. The first-order valence-corrected chi connectivity index (χ1v) is 13.8. The SMILES string of the molecule is CCCCCCCCCCCCCCC[n+]1ccn(C(C)CCCCCCCC)c1. The lowest BCUT2D eigenvalue weighted by Gasteiger charge is -2.07. The largest absolute Gasteiger partial charge is 0.243 e. The normalized spacial score (nSPS) is 12.5. The zero-order valence-corrected chi connectivity index (χ0v) is 21.1. The van der Waals surface area contributed by atoms with Crippen LogP contribution in [0.5, 0.6) is 0 Å². The van der Waals surface area contributed by atoms with Gasteiger partial charge in [-0.3, -0.25) is 0 Å². The second kappa shape index (κ2) is 20.1. The summed E-state index contributed by atoms with van der Waals surface area (Å²) < 4.78 is 4.82. The Kier molecular flexibility index (Phi) is 18.3. The van der Waals surface area contributed by atoms with Crippen LogP contribution in [0.25, 0.3) is 0 Å². The fourth-order valence-electron chi connectivity index (χ4n) is 4.49. The van der Waals surface area contributed by atoms with Crippen LogP contribution in [-0.2, 0) is 6.54 Å². The topological polar surface area (TPSA) is 8.81 Å². The van der Waals surface area contributed by atoms with Crippen molar-refractivity contribution in [3.8, 4) is 0 Å². The third-order valence-electron chi connectivity index (χ3n) is 6.72. The van der Waals surface area contributed by atoms with E-state index in [0.29, 0.717) is 6.04 Å². The Balaban J connectivity index is 1.94. The number of hydrogen-bond acceptors (Lipinski definition) is 0. The maximum absolute atomic E-state index is 2.42. The van der Waals surface area contributed by atoms with Crippen LogP contribution in [0.2, 0.25) is 0 Å². The molecular weight excluding hydrogens is 364 g/mol. The highest BCUT2D eigenvalue weighted by Gasteiger charge is 2.11. The second-order valence-corrected chi connectivity index (χ2v) is 9.75. The minimum absolute atomic E-state index is 0.643. The van der Waals surface area contributed by atoms with E-state index in [1.54, 1.807) is 0 Å². The molecule has 1 atom stereocenters. The lowest BCUT2D eigenvalue weighted by Crippen LogP contribution is -2.31. The molecule has 1 aromatic heterocycles. The lowest BCUT2D eigenvalue weighted by atomic mass is 10.0. The van der Waals surface area contributed by atoms with Crippen LogP contribution in [0, 0.1) is 0 Å². The summed E-state index contributed by atoms with van der Waals surface area (Å²) in [6.07, 6.45) is 35.2. The molecule has 30 heavy (non-hydrogen) atoms. The summed E-state index contributed by atoms with van der Waals surface area (Å²) in [5, 5.41) is 0. The first-order chi connectivity index (χ1) is 14.8. The van der Waals surface area contributed by atoms with Crippen molar-refractivity contribution in [1.29, 1.82) is 0 Å². The summed E-state index contributed by atoms with van der Waals surface area (Å²) >= 11 is 0. The molecule has 176 valence electrons. The quantitative estimate of drug-likeness (QED) is 0.131. The monoisotopic (exact) mass is 419 g/mol. The Morgan fingerprint density at radius 3 is 1.53 bits per heavy atom. The third kappa shape index (κ3) is 15.1. The molecule has 0 aliphatic heterocycles. The third-order valence-corrected chi connectivity index (χ3v) is 6.72. The summed E-state index contributed by atoms with van der Waals surface area (Å²) in [5.41, 5.74) is 0. The fraction of sp³-hybridized carbons (Fsp3) is 0.893. The van der Waals surface area contributed by atoms with Crippen LogP contribution in [0.15, 0.2) is 18.7 Å². The molecule has 1 heterocycles. The van der Waals surface area contributed by atoms with Crippen LogP contribution >= 0.6 is 0 Å². The summed E-state index contributed by atoms with van der Waals surface area (Å²) in [4.78, 5) is 0. The lowest BCUT2D eigenvalue weighted by molar-refractivity contribution is -0.697. The molecule has 0 aliphatic carbocycles. The Hall–Kier alpha value is -0.790. The zero-order chi connectivity index (χ0) is 21.7. The van der Waals surface area contributed by atoms with Crippen molar-refractivity contribution in [3.63, 3.8) is 0 Å². The van der Waals surface area contributed by atoms with Crippen molar-refractivity contribution in [3.05, 3.63) is 18.7 Å². The molecule has 0 N–H and O–H groups in total. The number of hydrogen-bond donors (Lipinski definition) is 0. The van der Waals surface area contributed by atoms with Crippen LogP contribution in [0.4, 0.5) is 0 Å². The molecule has 1 unspecified atom stereocenters. The average Bonchev–Trinajstić information content (AvgIpc) is 3.23. The second-order valence-electron chi connectivity index (χ2n) is 9.75. The van der Waals surface area contributed by atoms with E-state index in [4.69, 9.17) is 0 Å². The Bertz CT molecular complexity index is 465. The summed E-state index contributed by atoms with van der Waals surface area (Å²) in [6.45, 7) is 8.16. The van der Waals surface area contributed by atoms with Gasteiger partial charge in [0.25, 0.3) is 0 Å². The Morgan fingerprint density at radius 2 is 1.03 bits per heavy atom. The van der Waals surface area contributed by atoms with E-state index in [1.807, 2.05) is 0 Å². The molecule has 2 heteroatoms. The molecule has 0 radical (unpaired) electrons. The van der Waals surface area contributed by atoms with Crippen molar-refractivity contribution in [2.24, 2.45) is 0 Å². The number of unbranched alkanes of at least 4 members (excludes halogenated alkanes) is 17. The van der Waals surface area contributed by atoms with Gasteiger partial charge >= 0.3 is 0 Å². The van der Waals surface area contributed by atoms with E-state index < -0.39 is 0 Å². The Labute approximate surface area is 189 Å². The van der Waals surface area contributed by atoms with Gasteiger partial charge in [0.05, 0.1) is 12.6 Å². The molecule has 0 aromatic carbocycles. The van der Waals surface area contributed by atoms with E-state index >= 15 is 0 Å². The van der Waals surface area contributed by atoms with Crippen LogP contribution < -0.4 is 4.57 Å². The maximum Gasteiger partial charge on any atom is 0.243 e. The van der Waals surface area contributed by atoms with E-state index in [0.717, 1.165) is 0 Å². The Morgan fingerprint density at radius 1 is 0.600 bits per heavy atom. The zero-order valence-electron chi connectivity index (χ0n) is 21.1. The maximum atomic E-state index is 2.42. The molecule has 0 bridgehead atoms. The molecule has 0 saturated carbocycles. The van der Waals surface area contributed by atoms with Gasteiger partial charge in [-0.1, -0.05) is 117 Å². The highest BCUT2D eigenvalue weighted by atomic mass is 15.1. The molecule has 0 amide bonds. The highest BCUT2D eigenvalue weighted by Crippen LogP contribution is 2.16. The standard InChI is InChI=1S/C28H55N2/c1-4-6-8-10-12-13-14-15-16-17-18-20-22-24-29-25-26-30(27-29)28(3)23-21-19-11-9-7-5-2/h25-28H,4-24H2,1-3H3/q+1. The number of aromatic nitrogens is 2. The number of imidazole rings is 1. The van der Waals surface area contributed by atoms with Gasteiger partial charge in [0.1, 0.15) is 12.4 Å². The van der Waals surface area contributed by atoms with Gasteiger partial charge in [-0.15, -0.1) is 0 Å². The van der Waals surface area contributed by atoms with E-state index in [2.05, 4.69) is 48.6 Å². The smallest absolute Gasteiger partial charge is 0.237 e. The minimum atomic E-state index is 0.643. The van der Waals surface area contributed by atoms with Crippen molar-refractivity contribution in [2.45, 2.75) is 162 Å². The minimum Gasteiger partial charge on any atom is -0.237 e. The number of aryl methyl sites for hydroxylation is 1. The van der Waals surface area contributed by atoms with E-state index in [1.165, 1.54) is 135 Å². The van der Waals surface area contributed by atoms with Crippen molar-refractivity contribution in [2.75, 3.05) is 0 Å². The summed E-state index contributed by atoms with van der Waals surface area (Å²) in [7, 11) is 0. The van der Waals surface area contributed by atoms with Gasteiger partial charge < -0.3 is 0 Å². The van der Waals surface area contributed by atoms with Crippen molar-refractivity contribution >= 4 is 0 Å². The van der Waals surface area contributed by atoms with Crippen LogP contribution in [-0.4, -0.2) is 4.57 Å². The molecule has 0 saturated heterocycles. The molecule has 1 rings (SSSR count). The molecular formula is C28H55N2+. The predicted octanol–water partition coefficient (Wildman–Crippen LogP) is 9.18. The fourth-order valence-corrected chi connectivity index (χ4v) is 4.49. The first kappa shape index (κ1) is 27.2. The van der Waals surface area contributed by atoms with Crippen LogP contribution in [0.1, 0.15) is 155 Å². The van der Waals surface area contributed by atoms with Crippen LogP contribution in [0.3, 0.4) is 0 Å².